The van der Waals surface area contributed by atoms with Crippen LogP contribution in [-0.2, 0) is 10.0 Å². The van der Waals surface area contributed by atoms with Gasteiger partial charge in [0.1, 0.15) is 0 Å². The largest absolute Gasteiger partial charge is 0.352 e. The van der Waals surface area contributed by atoms with Gasteiger partial charge in [-0.2, -0.15) is 4.31 Å². The van der Waals surface area contributed by atoms with Crippen molar-refractivity contribution in [1.82, 2.24) is 14.5 Å². The average molecular weight is 396 g/mol. The summed E-state index contributed by atoms with van der Waals surface area (Å²) in [7, 11) is -3.56. The van der Waals surface area contributed by atoms with Gasteiger partial charge < -0.3 is 10.2 Å². The van der Waals surface area contributed by atoms with Crippen LogP contribution in [-0.4, -0.2) is 62.8 Å². The predicted molar refractivity (Wildman–Crippen MR) is 108 cm³/mol. The lowest BCUT2D eigenvalue weighted by Gasteiger charge is -2.29. The predicted octanol–water partition coefficient (Wildman–Crippen LogP) is 2.57. The molecule has 0 aromatic heterocycles. The van der Waals surface area contributed by atoms with Crippen LogP contribution in [0.15, 0.2) is 29.2 Å². The zero-order valence-electron chi connectivity index (χ0n) is 16.8. The molecule has 1 heterocycles. The molecule has 7 heteroatoms. The van der Waals surface area contributed by atoms with Crippen LogP contribution in [0.3, 0.4) is 0 Å². The maximum atomic E-state index is 12.6. The Bertz CT molecular complexity index is 711. The second-order valence-corrected chi connectivity index (χ2v) is 9.23. The van der Waals surface area contributed by atoms with Gasteiger partial charge in [0.05, 0.1) is 4.90 Å². The fraction of sp³-hybridized carbons (Fsp3) is 0.650. The van der Waals surface area contributed by atoms with E-state index < -0.39 is 10.0 Å². The molecule has 1 unspecified atom stereocenters. The van der Waals surface area contributed by atoms with E-state index in [0.717, 1.165) is 19.6 Å². The highest BCUT2D eigenvalue weighted by atomic mass is 32.2. The fourth-order valence-corrected chi connectivity index (χ4v) is 5.03. The minimum atomic E-state index is -3.56. The first-order chi connectivity index (χ1) is 12.9. The molecule has 0 aliphatic carbocycles. The lowest BCUT2D eigenvalue weighted by atomic mass is 10.1. The lowest BCUT2D eigenvalue weighted by molar-refractivity contribution is 0.0942. The highest BCUT2D eigenvalue weighted by Gasteiger charge is 2.22. The van der Waals surface area contributed by atoms with E-state index in [-0.39, 0.29) is 10.8 Å². The summed E-state index contributed by atoms with van der Waals surface area (Å²) in [6.07, 6.45) is 3.83. The minimum absolute atomic E-state index is 0.167. The monoisotopic (exact) mass is 395 g/mol. The standard InChI is InChI=1S/C20H33N3O3S/c1-4-23(5-2)27(25,26)19-11-9-10-18(14-19)20(24)21-15-17(3)16-22-12-7-6-8-13-22/h9-11,14,17H,4-8,12-13,15-16H2,1-3H3,(H,21,24). The first kappa shape index (κ1) is 21.9. The number of sulfonamides is 1. The summed E-state index contributed by atoms with van der Waals surface area (Å²) in [4.78, 5) is 15.1. The summed E-state index contributed by atoms with van der Waals surface area (Å²) in [5, 5.41) is 2.95. The molecule has 1 N–H and O–H groups in total. The Morgan fingerprint density at radius 1 is 1.19 bits per heavy atom. The average Bonchev–Trinajstić information content (AvgIpc) is 2.67. The Hall–Kier alpha value is -1.44. The molecule has 2 rings (SSSR count). The van der Waals surface area contributed by atoms with Crippen LogP contribution in [0.25, 0.3) is 0 Å². The number of amides is 1. The summed E-state index contributed by atoms with van der Waals surface area (Å²) in [5.41, 5.74) is 0.383. The number of hydrogen-bond donors (Lipinski definition) is 1. The van der Waals surface area contributed by atoms with Crippen LogP contribution in [0.2, 0.25) is 0 Å². The number of nitrogens with one attached hydrogen (secondary N) is 1. The van der Waals surface area contributed by atoms with E-state index >= 15 is 0 Å². The van der Waals surface area contributed by atoms with Crippen LogP contribution in [0.5, 0.6) is 0 Å². The normalized spacial score (nSPS) is 17.0. The first-order valence-corrected chi connectivity index (χ1v) is 11.4. The molecule has 1 aliphatic rings. The summed E-state index contributed by atoms with van der Waals surface area (Å²) in [5.74, 6) is 0.131. The zero-order chi connectivity index (χ0) is 19.9. The maximum Gasteiger partial charge on any atom is 0.251 e. The van der Waals surface area contributed by atoms with Crippen molar-refractivity contribution in [3.05, 3.63) is 29.8 Å². The minimum Gasteiger partial charge on any atom is -0.352 e. The molecule has 0 bridgehead atoms. The van der Waals surface area contributed by atoms with Crippen LogP contribution < -0.4 is 5.32 Å². The van der Waals surface area contributed by atoms with Gasteiger partial charge in [-0.1, -0.05) is 33.3 Å². The van der Waals surface area contributed by atoms with Crippen molar-refractivity contribution < 1.29 is 13.2 Å². The number of nitrogens with zero attached hydrogens (tertiary/aromatic N) is 2. The second kappa shape index (κ2) is 10.2. The van der Waals surface area contributed by atoms with Crippen molar-refractivity contribution in [3.8, 4) is 0 Å². The zero-order valence-corrected chi connectivity index (χ0v) is 17.6. The topological polar surface area (TPSA) is 69.7 Å². The van der Waals surface area contributed by atoms with E-state index in [1.54, 1.807) is 32.0 Å². The molecule has 1 aliphatic heterocycles. The molecule has 152 valence electrons. The Morgan fingerprint density at radius 2 is 1.85 bits per heavy atom. The van der Waals surface area contributed by atoms with Gasteiger partial charge in [-0.15, -0.1) is 0 Å². The van der Waals surface area contributed by atoms with Crippen LogP contribution in [0.4, 0.5) is 0 Å². The summed E-state index contributed by atoms with van der Waals surface area (Å²) in [6, 6.07) is 6.30. The van der Waals surface area contributed by atoms with Gasteiger partial charge in [0, 0.05) is 31.7 Å². The third-order valence-corrected chi connectivity index (χ3v) is 7.11. The number of benzene rings is 1. The molecule has 1 saturated heterocycles. The van der Waals surface area contributed by atoms with Crippen LogP contribution in [0, 0.1) is 5.92 Å². The molecular formula is C20H33N3O3S. The summed E-state index contributed by atoms with van der Waals surface area (Å²) >= 11 is 0. The summed E-state index contributed by atoms with van der Waals surface area (Å²) < 4.78 is 26.7. The Kier molecular flexibility index (Phi) is 8.26. The van der Waals surface area contributed by atoms with E-state index in [1.807, 2.05) is 0 Å². The second-order valence-electron chi connectivity index (χ2n) is 7.29. The maximum absolute atomic E-state index is 12.6. The van der Waals surface area contributed by atoms with Gasteiger partial charge >= 0.3 is 0 Å². The molecule has 1 aromatic carbocycles. The van der Waals surface area contributed by atoms with E-state index in [9.17, 15) is 13.2 Å². The molecule has 1 fully saturated rings. The molecule has 1 amide bonds. The van der Waals surface area contributed by atoms with Crippen LogP contribution >= 0.6 is 0 Å². The molecule has 0 saturated carbocycles. The molecule has 27 heavy (non-hydrogen) atoms. The lowest BCUT2D eigenvalue weighted by Crippen LogP contribution is -2.38. The number of piperidine rings is 1. The first-order valence-electron chi connectivity index (χ1n) is 9.99. The molecular weight excluding hydrogens is 362 g/mol. The molecule has 1 atom stereocenters. The Morgan fingerprint density at radius 3 is 2.48 bits per heavy atom. The SMILES string of the molecule is CCN(CC)S(=O)(=O)c1cccc(C(=O)NCC(C)CN2CCCCC2)c1. The van der Waals surface area contributed by atoms with Crippen molar-refractivity contribution >= 4 is 15.9 Å². The third-order valence-electron chi connectivity index (χ3n) is 5.07. The number of carbonyl (C=O) groups is 1. The van der Waals surface area contributed by atoms with Crippen molar-refractivity contribution in [3.63, 3.8) is 0 Å². The quantitative estimate of drug-likeness (QED) is 0.698. The van der Waals surface area contributed by atoms with Crippen molar-refractivity contribution in [2.45, 2.75) is 44.9 Å². The number of carbonyl (C=O) groups excluding carboxylic acids is 1. The van der Waals surface area contributed by atoms with Crippen molar-refractivity contribution in [1.29, 1.82) is 0 Å². The molecule has 0 radical (unpaired) electrons. The van der Waals surface area contributed by atoms with Gasteiger partial charge in [-0.25, -0.2) is 8.42 Å². The number of likely N-dealkylation sites (tertiary alicyclic amines) is 1. The fourth-order valence-electron chi connectivity index (χ4n) is 3.53. The van der Waals surface area contributed by atoms with E-state index in [2.05, 4.69) is 17.1 Å². The van der Waals surface area contributed by atoms with Crippen molar-refractivity contribution in [2.24, 2.45) is 5.92 Å². The highest BCUT2D eigenvalue weighted by Crippen LogP contribution is 2.17. The van der Waals surface area contributed by atoms with Gasteiger partial charge in [-0.3, -0.25) is 4.79 Å². The van der Waals surface area contributed by atoms with Gasteiger partial charge in [-0.05, 0) is 50.0 Å². The molecule has 0 spiro atoms. The molecule has 6 nitrogen and oxygen atoms in total. The number of hydrogen-bond acceptors (Lipinski definition) is 4. The van der Waals surface area contributed by atoms with Crippen LogP contribution in [0.1, 0.15) is 50.4 Å². The van der Waals surface area contributed by atoms with E-state index in [4.69, 9.17) is 0 Å². The number of rotatable bonds is 9. The van der Waals surface area contributed by atoms with E-state index in [1.165, 1.54) is 29.6 Å². The Balaban J connectivity index is 1.96. The van der Waals surface area contributed by atoms with Gasteiger partial charge in [0.2, 0.25) is 10.0 Å². The Labute approximate surface area is 164 Å². The van der Waals surface area contributed by atoms with Gasteiger partial charge in [0.25, 0.3) is 5.91 Å². The highest BCUT2D eigenvalue weighted by molar-refractivity contribution is 7.89. The van der Waals surface area contributed by atoms with Gasteiger partial charge in [0.15, 0.2) is 0 Å². The summed E-state index contributed by atoms with van der Waals surface area (Å²) in [6.45, 7) is 10.4. The van der Waals surface area contributed by atoms with Crippen molar-refractivity contribution in [2.75, 3.05) is 39.3 Å². The molecule has 1 aromatic rings. The van der Waals surface area contributed by atoms with E-state index in [0.29, 0.717) is 31.1 Å². The smallest absolute Gasteiger partial charge is 0.251 e. The third kappa shape index (κ3) is 6.02.